The van der Waals surface area contributed by atoms with Crippen LogP contribution in [0.4, 0.5) is 18.9 Å². The molecule has 1 aliphatic rings. The summed E-state index contributed by atoms with van der Waals surface area (Å²) in [6.45, 7) is -1.67. The molecule has 1 fully saturated rings. The van der Waals surface area contributed by atoms with Crippen LogP contribution in [0.3, 0.4) is 0 Å². The van der Waals surface area contributed by atoms with Gasteiger partial charge in [-0.25, -0.2) is 0 Å². The lowest BCUT2D eigenvalue weighted by Gasteiger charge is -2.18. The first-order valence-electron chi connectivity index (χ1n) is 7.64. The Morgan fingerprint density at radius 2 is 2.00 bits per heavy atom. The van der Waals surface area contributed by atoms with Gasteiger partial charge in [0.1, 0.15) is 6.54 Å². The molecule has 0 bridgehead atoms. The van der Waals surface area contributed by atoms with Gasteiger partial charge >= 0.3 is 6.18 Å². The molecule has 1 aromatic carbocycles. The van der Waals surface area contributed by atoms with Gasteiger partial charge in [-0.1, -0.05) is 11.6 Å². The van der Waals surface area contributed by atoms with E-state index in [1.807, 2.05) is 0 Å². The fourth-order valence-electron chi connectivity index (χ4n) is 2.57. The molecule has 1 heterocycles. The summed E-state index contributed by atoms with van der Waals surface area (Å²) in [5.41, 5.74) is 0.541. The Morgan fingerprint density at radius 1 is 1.35 bits per heavy atom. The summed E-state index contributed by atoms with van der Waals surface area (Å²) < 4.78 is 37.3. The van der Waals surface area contributed by atoms with E-state index in [1.165, 1.54) is 23.1 Å². The number of hydrogen-bond donors (Lipinski definition) is 1. The van der Waals surface area contributed by atoms with E-state index in [4.69, 9.17) is 11.6 Å². The van der Waals surface area contributed by atoms with Gasteiger partial charge in [0, 0.05) is 32.7 Å². The van der Waals surface area contributed by atoms with Crippen molar-refractivity contribution < 1.29 is 27.6 Å². The number of anilines is 1. The zero-order valence-corrected chi connectivity index (χ0v) is 14.8. The number of halogens is 4. The Kier molecular flexibility index (Phi) is 5.80. The second kappa shape index (κ2) is 7.53. The smallest absolute Gasteiger partial charge is 0.345 e. The molecule has 0 aromatic heterocycles. The minimum Gasteiger partial charge on any atom is -0.345 e. The Morgan fingerprint density at radius 3 is 2.54 bits per heavy atom. The molecule has 0 spiro atoms. The maximum absolute atomic E-state index is 12.4. The second-order valence-electron chi connectivity index (χ2n) is 6.17. The lowest BCUT2D eigenvalue weighted by Crippen LogP contribution is -2.36. The van der Waals surface area contributed by atoms with Crippen molar-refractivity contribution in [3.05, 3.63) is 28.8 Å². The number of alkyl halides is 3. The third kappa shape index (κ3) is 4.87. The number of carbonyl (C=O) groups excluding carboxylic acids is 3. The van der Waals surface area contributed by atoms with Gasteiger partial charge in [0.05, 0.1) is 16.5 Å². The summed E-state index contributed by atoms with van der Waals surface area (Å²) >= 11 is 6.04. The van der Waals surface area contributed by atoms with Crippen LogP contribution in [-0.2, 0) is 9.59 Å². The van der Waals surface area contributed by atoms with Gasteiger partial charge in [-0.3, -0.25) is 14.4 Å². The quantitative estimate of drug-likeness (QED) is 0.856. The number of benzene rings is 1. The van der Waals surface area contributed by atoms with E-state index in [9.17, 15) is 27.6 Å². The van der Waals surface area contributed by atoms with Crippen molar-refractivity contribution in [1.82, 2.24) is 9.80 Å². The molecule has 3 amide bonds. The molecule has 142 valence electrons. The van der Waals surface area contributed by atoms with Crippen LogP contribution in [0, 0.1) is 5.92 Å². The normalized spacial score (nSPS) is 17.4. The standard InChI is InChI=1S/C16H17ClF3N3O3/c1-22(2)15(26)11-4-3-10(6-12(11)17)21-14(25)9-5-13(24)23(7-9)8-16(18,19)20/h3-4,6,9H,5,7-8H2,1-2H3,(H,21,25). The van der Waals surface area contributed by atoms with Gasteiger partial charge in [-0.05, 0) is 18.2 Å². The van der Waals surface area contributed by atoms with Crippen LogP contribution in [0.25, 0.3) is 0 Å². The van der Waals surface area contributed by atoms with Crippen molar-refractivity contribution in [2.45, 2.75) is 12.6 Å². The number of nitrogens with one attached hydrogen (secondary N) is 1. The highest BCUT2D eigenvalue weighted by atomic mass is 35.5. The van der Waals surface area contributed by atoms with Gasteiger partial charge in [0.15, 0.2) is 0 Å². The summed E-state index contributed by atoms with van der Waals surface area (Å²) in [6.07, 6.45) is -4.80. The maximum atomic E-state index is 12.4. The fourth-order valence-corrected chi connectivity index (χ4v) is 2.83. The number of amides is 3. The molecule has 1 aromatic rings. The van der Waals surface area contributed by atoms with Gasteiger partial charge < -0.3 is 15.1 Å². The molecule has 0 aliphatic carbocycles. The van der Waals surface area contributed by atoms with E-state index in [2.05, 4.69) is 5.32 Å². The molecule has 0 radical (unpaired) electrons. The minimum atomic E-state index is -4.51. The largest absolute Gasteiger partial charge is 0.406 e. The van der Waals surface area contributed by atoms with E-state index >= 15 is 0 Å². The number of rotatable bonds is 4. The van der Waals surface area contributed by atoms with Gasteiger partial charge in [-0.15, -0.1) is 0 Å². The van der Waals surface area contributed by atoms with E-state index < -0.39 is 30.5 Å². The molecule has 6 nitrogen and oxygen atoms in total. The predicted molar refractivity (Wildman–Crippen MR) is 88.8 cm³/mol. The maximum Gasteiger partial charge on any atom is 0.406 e. The van der Waals surface area contributed by atoms with E-state index in [1.54, 1.807) is 14.1 Å². The zero-order chi connectivity index (χ0) is 19.6. The molecular formula is C16H17ClF3N3O3. The van der Waals surface area contributed by atoms with Crippen molar-refractivity contribution in [1.29, 1.82) is 0 Å². The molecule has 1 atom stereocenters. The summed E-state index contributed by atoms with van der Waals surface area (Å²) in [5, 5.41) is 2.64. The average molecular weight is 392 g/mol. The number of nitrogens with zero attached hydrogens (tertiary/aromatic N) is 2. The molecule has 2 rings (SSSR count). The highest BCUT2D eigenvalue weighted by Crippen LogP contribution is 2.26. The van der Waals surface area contributed by atoms with E-state index in [-0.39, 0.29) is 35.1 Å². The Bertz CT molecular complexity index is 737. The average Bonchev–Trinajstić information content (AvgIpc) is 2.86. The van der Waals surface area contributed by atoms with E-state index in [0.29, 0.717) is 4.90 Å². The lowest BCUT2D eigenvalue weighted by atomic mass is 10.1. The number of carbonyl (C=O) groups is 3. The molecule has 1 aliphatic heterocycles. The third-order valence-corrected chi connectivity index (χ3v) is 4.14. The highest BCUT2D eigenvalue weighted by Gasteiger charge is 2.40. The second-order valence-corrected chi connectivity index (χ2v) is 6.58. The van der Waals surface area contributed by atoms with Gasteiger partial charge in [0.25, 0.3) is 5.91 Å². The summed E-state index contributed by atoms with van der Waals surface area (Å²) in [7, 11) is 3.14. The monoisotopic (exact) mass is 391 g/mol. The molecule has 1 saturated heterocycles. The Balaban J connectivity index is 2.03. The zero-order valence-electron chi connectivity index (χ0n) is 14.1. The van der Waals surface area contributed by atoms with Crippen LogP contribution in [-0.4, -0.2) is 60.9 Å². The van der Waals surface area contributed by atoms with Crippen LogP contribution < -0.4 is 5.32 Å². The molecular weight excluding hydrogens is 375 g/mol. The first-order chi connectivity index (χ1) is 12.0. The Hall–Kier alpha value is -2.29. The van der Waals surface area contributed by atoms with Crippen molar-refractivity contribution in [2.75, 3.05) is 32.5 Å². The summed E-state index contributed by atoms with van der Waals surface area (Å²) in [6, 6.07) is 4.28. The fraction of sp³-hybridized carbons (Fsp3) is 0.438. The van der Waals surface area contributed by atoms with Crippen molar-refractivity contribution in [2.24, 2.45) is 5.92 Å². The van der Waals surface area contributed by atoms with Crippen molar-refractivity contribution in [3.63, 3.8) is 0 Å². The van der Waals surface area contributed by atoms with Gasteiger partial charge in [0.2, 0.25) is 11.8 Å². The Labute approximate surface area is 152 Å². The van der Waals surface area contributed by atoms with Gasteiger partial charge in [-0.2, -0.15) is 13.2 Å². The molecule has 1 N–H and O–H groups in total. The van der Waals surface area contributed by atoms with Crippen molar-refractivity contribution >= 4 is 35.0 Å². The van der Waals surface area contributed by atoms with Crippen LogP contribution >= 0.6 is 11.6 Å². The molecule has 1 unspecified atom stereocenters. The number of hydrogen-bond acceptors (Lipinski definition) is 3. The first kappa shape index (κ1) is 20.0. The topological polar surface area (TPSA) is 69.7 Å². The van der Waals surface area contributed by atoms with E-state index in [0.717, 1.165) is 0 Å². The first-order valence-corrected chi connectivity index (χ1v) is 8.02. The SMILES string of the molecule is CN(C)C(=O)c1ccc(NC(=O)C2CC(=O)N(CC(F)(F)F)C2)cc1Cl. The number of likely N-dealkylation sites (tertiary alicyclic amines) is 1. The van der Waals surface area contributed by atoms with Crippen LogP contribution in [0.5, 0.6) is 0 Å². The highest BCUT2D eigenvalue weighted by molar-refractivity contribution is 6.34. The minimum absolute atomic E-state index is 0.127. The summed E-state index contributed by atoms with van der Waals surface area (Å²) in [5.74, 6) is -2.48. The van der Waals surface area contributed by atoms with Crippen LogP contribution in [0.15, 0.2) is 18.2 Å². The molecule has 10 heteroatoms. The lowest BCUT2D eigenvalue weighted by molar-refractivity contribution is -0.157. The molecule has 26 heavy (non-hydrogen) atoms. The summed E-state index contributed by atoms with van der Waals surface area (Å²) in [4.78, 5) is 37.7. The van der Waals surface area contributed by atoms with Crippen LogP contribution in [0.1, 0.15) is 16.8 Å². The molecule has 0 saturated carbocycles. The predicted octanol–water partition coefficient (Wildman–Crippen LogP) is 2.39. The third-order valence-electron chi connectivity index (χ3n) is 3.83. The van der Waals surface area contributed by atoms with Crippen molar-refractivity contribution in [3.8, 4) is 0 Å². The van der Waals surface area contributed by atoms with Crippen LogP contribution in [0.2, 0.25) is 5.02 Å².